The van der Waals surface area contributed by atoms with Gasteiger partial charge >= 0.3 is 6.09 Å². The van der Waals surface area contributed by atoms with Crippen molar-refractivity contribution in [1.29, 1.82) is 0 Å². The van der Waals surface area contributed by atoms with Crippen LogP contribution in [0.15, 0.2) is 23.4 Å². The van der Waals surface area contributed by atoms with E-state index in [1.54, 1.807) is 30.1 Å². The predicted molar refractivity (Wildman–Crippen MR) is 96.0 cm³/mol. The van der Waals surface area contributed by atoms with Gasteiger partial charge in [-0.15, -0.1) is 0 Å². The molecule has 9 nitrogen and oxygen atoms in total. The van der Waals surface area contributed by atoms with Crippen LogP contribution in [0.25, 0.3) is 0 Å². The quantitative estimate of drug-likeness (QED) is 0.590. The first-order chi connectivity index (χ1) is 13.0. The Hall–Kier alpha value is -3.04. The van der Waals surface area contributed by atoms with Gasteiger partial charge in [0.05, 0.1) is 24.5 Å². The van der Waals surface area contributed by atoms with Crippen LogP contribution >= 0.6 is 0 Å². The molecule has 0 aliphatic carbocycles. The lowest BCUT2D eigenvalue weighted by molar-refractivity contribution is -0.119. The third kappa shape index (κ3) is 4.21. The zero-order valence-electron chi connectivity index (χ0n) is 15.1. The van der Waals surface area contributed by atoms with Gasteiger partial charge in [0, 0.05) is 20.0 Å². The highest BCUT2D eigenvalue weighted by atomic mass is 19.1. The van der Waals surface area contributed by atoms with Crippen molar-refractivity contribution in [2.24, 2.45) is 5.16 Å². The second-order valence-electron chi connectivity index (χ2n) is 6.08. The third-order valence-electron chi connectivity index (χ3n) is 4.15. The molecule has 0 spiro atoms. The largest absolute Gasteiger partial charge is 0.483 e. The zero-order chi connectivity index (χ0) is 19.4. The summed E-state index contributed by atoms with van der Waals surface area (Å²) >= 11 is 0. The van der Waals surface area contributed by atoms with E-state index in [4.69, 9.17) is 14.3 Å². The van der Waals surface area contributed by atoms with Crippen molar-refractivity contribution >= 4 is 29.2 Å². The van der Waals surface area contributed by atoms with E-state index in [1.807, 2.05) is 0 Å². The van der Waals surface area contributed by atoms with Gasteiger partial charge in [-0.05, 0) is 12.1 Å². The van der Waals surface area contributed by atoms with Gasteiger partial charge in [0.15, 0.2) is 5.84 Å². The van der Waals surface area contributed by atoms with Gasteiger partial charge in [-0.1, -0.05) is 5.16 Å². The smallest absolute Gasteiger partial charge is 0.414 e. The van der Waals surface area contributed by atoms with E-state index in [-0.39, 0.29) is 25.7 Å². The van der Waals surface area contributed by atoms with E-state index < -0.39 is 18.9 Å². The normalized spacial score (nSPS) is 20.2. The molecule has 3 rings (SSSR count). The summed E-state index contributed by atoms with van der Waals surface area (Å²) in [5, 5.41) is 6.51. The highest BCUT2D eigenvalue weighted by molar-refractivity contribution is 6.01. The molecule has 27 heavy (non-hydrogen) atoms. The van der Waals surface area contributed by atoms with Crippen molar-refractivity contribution in [2.75, 3.05) is 49.8 Å². The first kappa shape index (κ1) is 18.7. The van der Waals surface area contributed by atoms with Crippen LogP contribution in [-0.2, 0) is 14.4 Å². The fourth-order valence-corrected chi connectivity index (χ4v) is 2.78. The van der Waals surface area contributed by atoms with E-state index in [0.29, 0.717) is 23.8 Å². The molecule has 0 aromatic heterocycles. The number of oxime groups is 1. The number of hydrogen-bond acceptors (Lipinski definition) is 6. The Morgan fingerprint density at radius 1 is 1.48 bits per heavy atom. The number of carbonyl (C=O) groups excluding carboxylic acids is 2. The Morgan fingerprint density at radius 2 is 2.30 bits per heavy atom. The molecule has 146 valence electrons. The fourth-order valence-electron chi connectivity index (χ4n) is 2.78. The molecule has 1 atom stereocenters. The van der Waals surface area contributed by atoms with Crippen molar-refractivity contribution in [2.45, 2.75) is 13.0 Å². The molecule has 1 fully saturated rings. The molecule has 10 heteroatoms. The standard InChI is InChI=1S/C17H21FN4O5/c1-11(23)19-8-13-9-22(17(24)27-13)12-3-4-14-15(7-12)25-10-16(21(14)2)20-26-6-5-18/h3-4,7,13H,5-6,8-10H2,1-2H3,(H,19,23)/t13-/m0/s1. The minimum absolute atomic E-state index is 0.111. The Kier molecular flexibility index (Phi) is 5.63. The van der Waals surface area contributed by atoms with E-state index in [9.17, 15) is 14.0 Å². The van der Waals surface area contributed by atoms with E-state index in [0.717, 1.165) is 5.69 Å². The summed E-state index contributed by atoms with van der Waals surface area (Å²) in [5.74, 6) is 0.917. The van der Waals surface area contributed by atoms with Crippen LogP contribution in [0.5, 0.6) is 5.75 Å². The van der Waals surface area contributed by atoms with E-state index >= 15 is 0 Å². The summed E-state index contributed by atoms with van der Waals surface area (Å²) in [6, 6.07) is 5.31. The van der Waals surface area contributed by atoms with Crippen molar-refractivity contribution in [3.05, 3.63) is 18.2 Å². The number of hydrogen-bond donors (Lipinski definition) is 1. The van der Waals surface area contributed by atoms with Gasteiger partial charge in [-0.3, -0.25) is 9.69 Å². The minimum atomic E-state index is -0.615. The third-order valence-corrected chi connectivity index (χ3v) is 4.15. The number of rotatable bonds is 6. The molecule has 2 aliphatic rings. The van der Waals surface area contributed by atoms with Gasteiger partial charge < -0.3 is 24.5 Å². The van der Waals surface area contributed by atoms with Crippen LogP contribution in [0.3, 0.4) is 0 Å². The molecule has 0 bridgehead atoms. The first-order valence-electron chi connectivity index (χ1n) is 8.47. The predicted octanol–water partition coefficient (Wildman–Crippen LogP) is 1.28. The molecule has 1 N–H and O–H groups in total. The van der Waals surface area contributed by atoms with Gasteiger partial charge in [0.25, 0.3) is 0 Å². The monoisotopic (exact) mass is 380 g/mol. The summed E-state index contributed by atoms with van der Waals surface area (Å²) in [6.07, 6.45) is -0.885. The zero-order valence-corrected chi connectivity index (χ0v) is 15.1. The average molecular weight is 380 g/mol. The molecule has 2 heterocycles. The summed E-state index contributed by atoms with van der Waals surface area (Å²) < 4.78 is 23.1. The number of amides is 2. The SMILES string of the molecule is CC(=O)NC[C@H]1CN(c2ccc3c(c2)OCC(=NOCCF)N3C)C(=O)O1. The Labute approximate surface area is 155 Å². The maximum absolute atomic E-state index is 12.1. The molecule has 1 saturated heterocycles. The lowest BCUT2D eigenvalue weighted by Gasteiger charge is -2.29. The van der Waals surface area contributed by atoms with Gasteiger partial charge in [-0.2, -0.15) is 0 Å². The van der Waals surface area contributed by atoms with Crippen LogP contribution in [0.1, 0.15) is 6.92 Å². The summed E-state index contributed by atoms with van der Waals surface area (Å²) in [4.78, 5) is 31.3. The highest BCUT2D eigenvalue weighted by Gasteiger charge is 2.33. The van der Waals surface area contributed by atoms with Crippen LogP contribution in [0, 0.1) is 0 Å². The Bertz CT molecular complexity index is 757. The minimum Gasteiger partial charge on any atom is -0.483 e. The second-order valence-corrected chi connectivity index (χ2v) is 6.08. The lowest BCUT2D eigenvalue weighted by atomic mass is 10.2. The first-order valence-corrected chi connectivity index (χ1v) is 8.47. The molecule has 2 amide bonds. The summed E-state index contributed by atoms with van der Waals surface area (Å²) in [5.41, 5.74) is 1.38. The van der Waals surface area contributed by atoms with Crippen LogP contribution in [0.2, 0.25) is 0 Å². The number of nitrogens with one attached hydrogen (secondary N) is 1. The molecule has 0 saturated carbocycles. The number of ether oxygens (including phenoxy) is 2. The average Bonchev–Trinajstić information content (AvgIpc) is 3.02. The number of alkyl halides is 1. The maximum Gasteiger partial charge on any atom is 0.414 e. The number of anilines is 2. The van der Waals surface area contributed by atoms with E-state index in [2.05, 4.69) is 10.5 Å². The number of amidine groups is 1. The van der Waals surface area contributed by atoms with Gasteiger partial charge in [0.1, 0.15) is 31.7 Å². The van der Waals surface area contributed by atoms with Crippen molar-refractivity contribution in [3.8, 4) is 5.75 Å². The highest BCUT2D eigenvalue weighted by Crippen LogP contribution is 2.36. The van der Waals surface area contributed by atoms with Crippen LogP contribution < -0.4 is 19.9 Å². The lowest BCUT2D eigenvalue weighted by Crippen LogP contribution is -2.36. The molecule has 1 aromatic rings. The van der Waals surface area contributed by atoms with Crippen molar-refractivity contribution in [3.63, 3.8) is 0 Å². The number of nitrogens with zero attached hydrogens (tertiary/aromatic N) is 3. The Balaban J connectivity index is 1.71. The number of fused-ring (bicyclic) bond motifs is 1. The number of likely N-dealkylation sites (N-methyl/N-ethyl adjacent to an activating group) is 1. The van der Waals surface area contributed by atoms with E-state index in [1.165, 1.54) is 11.8 Å². The van der Waals surface area contributed by atoms with Gasteiger partial charge in [-0.25, -0.2) is 9.18 Å². The number of carbonyl (C=O) groups is 2. The number of cyclic esters (lactones) is 1. The summed E-state index contributed by atoms with van der Waals surface area (Å²) in [6.45, 7) is 1.44. The van der Waals surface area contributed by atoms with Crippen molar-refractivity contribution in [1.82, 2.24) is 5.32 Å². The van der Waals surface area contributed by atoms with Crippen LogP contribution in [0.4, 0.5) is 20.6 Å². The van der Waals surface area contributed by atoms with Gasteiger partial charge in [0.2, 0.25) is 5.91 Å². The van der Waals surface area contributed by atoms with Crippen LogP contribution in [-0.4, -0.2) is 64.0 Å². The molecule has 1 aromatic carbocycles. The molecular formula is C17H21FN4O5. The summed E-state index contributed by atoms with van der Waals surface area (Å²) in [7, 11) is 1.80. The van der Waals surface area contributed by atoms with Crippen molar-refractivity contribution < 1.29 is 28.3 Å². The molecule has 0 unspecified atom stereocenters. The number of halogens is 1. The maximum atomic E-state index is 12.1. The molecular weight excluding hydrogens is 359 g/mol. The topological polar surface area (TPSA) is 92.7 Å². The second kappa shape index (κ2) is 8.11. The number of benzene rings is 1. The fraction of sp³-hybridized carbons (Fsp3) is 0.471. The molecule has 0 radical (unpaired) electrons. The molecule has 2 aliphatic heterocycles. The Morgan fingerprint density at radius 3 is 3.04 bits per heavy atom.